The molecule has 0 atom stereocenters. The fraction of sp³-hybridized carbons (Fsp3) is 0.222. The molecule has 2 aromatic rings. The van der Waals surface area contributed by atoms with Crippen LogP contribution in [0, 0.1) is 0 Å². The third kappa shape index (κ3) is 2.92. The van der Waals surface area contributed by atoms with E-state index in [1.165, 1.54) is 12.1 Å². The zero-order valence-electron chi connectivity index (χ0n) is 8.49. The summed E-state index contributed by atoms with van der Waals surface area (Å²) in [5.41, 5.74) is -0.347. The summed E-state index contributed by atoms with van der Waals surface area (Å²) in [6.45, 7) is 0.206. The molecule has 0 aliphatic rings. The van der Waals surface area contributed by atoms with Crippen molar-refractivity contribution in [1.82, 2.24) is 20.6 Å². The van der Waals surface area contributed by atoms with Crippen LogP contribution < -0.4 is 5.32 Å². The zero-order valence-corrected chi connectivity index (χ0v) is 8.49. The Hall–Kier alpha value is -2.12. The molecule has 17 heavy (non-hydrogen) atoms. The number of aromatic amines is 1. The van der Waals surface area contributed by atoms with E-state index in [0.717, 1.165) is 12.1 Å². The summed E-state index contributed by atoms with van der Waals surface area (Å²) in [7, 11) is 0. The third-order valence-corrected chi connectivity index (χ3v) is 2.03. The van der Waals surface area contributed by atoms with Gasteiger partial charge in [-0.15, -0.1) is 10.2 Å². The predicted molar refractivity (Wildman–Crippen MR) is 52.9 cm³/mol. The molecule has 0 amide bonds. The predicted octanol–water partition coefficient (Wildman–Crippen LogP) is 1.83. The van der Waals surface area contributed by atoms with Crippen molar-refractivity contribution in [3.63, 3.8) is 0 Å². The molecule has 1 heterocycles. The maximum Gasteiger partial charge on any atom is 0.416 e. The van der Waals surface area contributed by atoms with Crippen LogP contribution in [0.4, 0.5) is 18.9 Å². The van der Waals surface area contributed by atoms with E-state index < -0.39 is 11.7 Å². The van der Waals surface area contributed by atoms with Gasteiger partial charge in [-0.3, -0.25) is 0 Å². The van der Waals surface area contributed by atoms with Gasteiger partial charge in [0, 0.05) is 5.69 Å². The lowest BCUT2D eigenvalue weighted by molar-refractivity contribution is -0.137. The fourth-order valence-electron chi connectivity index (χ4n) is 1.24. The van der Waals surface area contributed by atoms with Crippen LogP contribution in [0.5, 0.6) is 0 Å². The number of H-pyrrole nitrogens is 1. The van der Waals surface area contributed by atoms with Gasteiger partial charge >= 0.3 is 6.18 Å². The number of halogens is 3. The van der Waals surface area contributed by atoms with Crippen molar-refractivity contribution in [2.45, 2.75) is 12.7 Å². The van der Waals surface area contributed by atoms with Crippen molar-refractivity contribution in [3.8, 4) is 0 Å². The van der Waals surface area contributed by atoms with Gasteiger partial charge in [0.2, 0.25) is 0 Å². The van der Waals surface area contributed by atoms with Gasteiger partial charge in [-0.1, -0.05) is 11.3 Å². The van der Waals surface area contributed by atoms with Crippen LogP contribution in [0.3, 0.4) is 0 Å². The number of anilines is 1. The normalized spacial score (nSPS) is 11.5. The van der Waals surface area contributed by atoms with E-state index in [2.05, 4.69) is 25.9 Å². The third-order valence-electron chi connectivity index (χ3n) is 2.03. The minimum Gasteiger partial charge on any atom is -0.378 e. The van der Waals surface area contributed by atoms with Crippen LogP contribution in [-0.2, 0) is 12.7 Å². The highest BCUT2D eigenvalue weighted by Crippen LogP contribution is 2.30. The molecule has 0 fully saturated rings. The Morgan fingerprint density at radius 3 is 2.76 bits per heavy atom. The second-order valence-corrected chi connectivity index (χ2v) is 3.26. The molecule has 2 N–H and O–H groups in total. The van der Waals surface area contributed by atoms with Gasteiger partial charge in [0.1, 0.15) is 0 Å². The first-order chi connectivity index (χ1) is 8.05. The van der Waals surface area contributed by atoms with E-state index in [1.807, 2.05) is 0 Å². The summed E-state index contributed by atoms with van der Waals surface area (Å²) in [5.74, 6) is 0.377. The molecule has 8 heteroatoms. The molecule has 2 rings (SSSR count). The first kappa shape index (κ1) is 11.4. The van der Waals surface area contributed by atoms with Crippen LogP contribution in [0.25, 0.3) is 0 Å². The maximum atomic E-state index is 12.4. The summed E-state index contributed by atoms with van der Waals surface area (Å²) in [6.07, 6.45) is -4.34. The molecule has 0 spiro atoms. The van der Waals surface area contributed by atoms with Crippen molar-refractivity contribution in [1.29, 1.82) is 0 Å². The van der Waals surface area contributed by atoms with Crippen LogP contribution >= 0.6 is 0 Å². The molecular formula is C9H8F3N5. The van der Waals surface area contributed by atoms with Gasteiger partial charge in [0.15, 0.2) is 5.82 Å². The SMILES string of the molecule is FC(F)(F)c1cccc(NCc2nn[nH]n2)c1. The molecule has 0 bridgehead atoms. The van der Waals surface area contributed by atoms with Crippen molar-refractivity contribution in [2.75, 3.05) is 5.32 Å². The van der Waals surface area contributed by atoms with Gasteiger partial charge in [0.05, 0.1) is 12.1 Å². The second kappa shape index (κ2) is 4.40. The van der Waals surface area contributed by atoms with E-state index >= 15 is 0 Å². The first-order valence-corrected chi connectivity index (χ1v) is 4.69. The zero-order chi connectivity index (χ0) is 12.3. The highest BCUT2D eigenvalue weighted by Gasteiger charge is 2.30. The number of nitrogens with zero attached hydrogens (tertiary/aromatic N) is 3. The number of rotatable bonds is 3. The minimum atomic E-state index is -4.34. The van der Waals surface area contributed by atoms with Crippen molar-refractivity contribution >= 4 is 5.69 Å². The molecule has 0 aliphatic carbocycles. The summed E-state index contributed by atoms with van der Waals surface area (Å²) < 4.78 is 37.2. The Labute approximate surface area is 94.0 Å². The van der Waals surface area contributed by atoms with Gasteiger partial charge in [-0.25, -0.2) is 0 Å². The van der Waals surface area contributed by atoms with Crippen LogP contribution in [-0.4, -0.2) is 20.6 Å². The Morgan fingerprint density at radius 1 is 1.29 bits per heavy atom. The smallest absolute Gasteiger partial charge is 0.378 e. The van der Waals surface area contributed by atoms with Crippen molar-refractivity contribution in [3.05, 3.63) is 35.7 Å². The Bertz CT molecular complexity index is 480. The number of hydrogen-bond acceptors (Lipinski definition) is 4. The number of alkyl halides is 3. The minimum absolute atomic E-state index is 0.206. The lowest BCUT2D eigenvalue weighted by Crippen LogP contribution is -2.06. The molecule has 5 nitrogen and oxygen atoms in total. The van der Waals surface area contributed by atoms with E-state index in [0.29, 0.717) is 11.5 Å². The van der Waals surface area contributed by atoms with Gasteiger partial charge < -0.3 is 5.32 Å². The fourth-order valence-corrected chi connectivity index (χ4v) is 1.24. The van der Waals surface area contributed by atoms with Crippen LogP contribution in [0.1, 0.15) is 11.4 Å². The van der Waals surface area contributed by atoms with Gasteiger partial charge in [-0.2, -0.15) is 18.4 Å². The van der Waals surface area contributed by atoms with Crippen LogP contribution in [0.15, 0.2) is 24.3 Å². The average Bonchev–Trinajstić information content (AvgIpc) is 2.78. The molecule has 0 unspecified atom stereocenters. The number of benzene rings is 1. The van der Waals surface area contributed by atoms with E-state index in [1.54, 1.807) is 0 Å². The molecule has 0 saturated heterocycles. The topological polar surface area (TPSA) is 66.5 Å². The van der Waals surface area contributed by atoms with E-state index in [9.17, 15) is 13.2 Å². The molecule has 1 aromatic heterocycles. The Morgan fingerprint density at radius 2 is 2.12 bits per heavy atom. The van der Waals surface area contributed by atoms with E-state index in [4.69, 9.17) is 0 Å². The molecular weight excluding hydrogens is 235 g/mol. The largest absolute Gasteiger partial charge is 0.416 e. The monoisotopic (exact) mass is 243 g/mol. The first-order valence-electron chi connectivity index (χ1n) is 4.69. The van der Waals surface area contributed by atoms with Crippen molar-refractivity contribution < 1.29 is 13.2 Å². The molecule has 1 aromatic carbocycles. The summed E-state index contributed by atoms with van der Waals surface area (Å²) in [6, 6.07) is 4.91. The second-order valence-electron chi connectivity index (χ2n) is 3.26. The summed E-state index contributed by atoms with van der Waals surface area (Å²) in [4.78, 5) is 0. The number of nitrogens with one attached hydrogen (secondary N) is 2. The molecule has 0 saturated carbocycles. The van der Waals surface area contributed by atoms with Crippen molar-refractivity contribution in [2.24, 2.45) is 0 Å². The lowest BCUT2D eigenvalue weighted by Gasteiger charge is -2.09. The average molecular weight is 243 g/mol. The maximum absolute atomic E-state index is 12.4. The molecule has 0 aliphatic heterocycles. The molecule has 90 valence electrons. The lowest BCUT2D eigenvalue weighted by atomic mass is 10.2. The quantitative estimate of drug-likeness (QED) is 0.863. The number of hydrogen-bond donors (Lipinski definition) is 2. The Balaban J connectivity index is 2.07. The van der Waals surface area contributed by atoms with Crippen LogP contribution in [0.2, 0.25) is 0 Å². The number of tetrazole rings is 1. The van der Waals surface area contributed by atoms with E-state index in [-0.39, 0.29) is 6.54 Å². The highest BCUT2D eigenvalue weighted by molar-refractivity contribution is 5.46. The Kier molecular flexibility index (Phi) is 2.94. The van der Waals surface area contributed by atoms with Gasteiger partial charge in [0.25, 0.3) is 0 Å². The molecule has 0 radical (unpaired) electrons. The standard InChI is InChI=1S/C9H8F3N5/c10-9(11,12)6-2-1-3-7(4-6)13-5-8-14-16-17-15-8/h1-4,13H,5H2,(H,14,15,16,17). The van der Waals surface area contributed by atoms with Gasteiger partial charge in [-0.05, 0) is 18.2 Å². The summed E-state index contributed by atoms with van der Waals surface area (Å²) >= 11 is 0. The number of aromatic nitrogens is 4. The highest BCUT2D eigenvalue weighted by atomic mass is 19.4. The summed E-state index contributed by atoms with van der Waals surface area (Å²) in [5, 5.41) is 15.7.